The van der Waals surface area contributed by atoms with Crippen molar-refractivity contribution in [1.82, 2.24) is 0 Å². The predicted molar refractivity (Wildman–Crippen MR) is 62.7 cm³/mol. The maximum Gasteiger partial charge on any atom is 0.133 e. The van der Waals surface area contributed by atoms with Crippen molar-refractivity contribution in [2.24, 2.45) is 0 Å². The molecule has 0 aliphatic carbocycles. The minimum absolute atomic E-state index is 0.271. The molecule has 1 heterocycles. The number of thiophene rings is 1. The molecule has 0 saturated carbocycles. The summed E-state index contributed by atoms with van der Waals surface area (Å²) in [5.41, 5.74) is 0. The van der Waals surface area contributed by atoms with Crippen molar-refractivity contribution in [3.05, 3.63) is 36.4 Å². The van der Waals surface area contributed by atoms with Gasteiger partial charge in [-0.25, -0.2) is 0 Å². The van der Waals surface area contributed by atoms with Crippen LogP contribution in [0.3, 0.4) is 0 Å². The third-order valence-corrected chi connectivity index (χ3v) is 3.75. The van der Waals surface area contributed by atoms with Crippen molar-refractivity contribution in [2.45, 2.75) is 0 Å². The normalized spacial score (nSPS) is 11.2. The van der Waals surface area contributed by atoms with Crippen molar-refractivity contribution in [3.8, 4) is 11.5 Å². The molecule has 0 aliphatic heterocycles. The Balaban J connectivity index is 2.63. The van der Waals surface area contributed by atoms with Crippen LogP contribution in [0.25, 0.3) is 20.2 Å². The highest BCUT2D eigenvalue weighted by molar-refractivity contribution is 7.26. The van der Waals surface area contributed by atoms with Crippen LogP contribution in [-0.2, 0) is 0 Å². The van der Waals surface area contributed by atoms with E-state index in [4.69, 9.17) is 0 Å². The van der Waals surface area contributed by atoms with Gasteiger partial charge >= 0.3 is 0 Å². The Hall–Kier alpha value is -1.74. The van der Waals surface area contributed by atoms with Gasteiger partial charge in [0.1, 0.15) is 11.5 Å². The van der Waals surface area contributed by atoms with E-state index in [1.165, 1.54) is 11.3 Å². The molecule has 0 spiro atoms. The summed E-state index contributed by atoms with van der Waals surface area (Å²) in [5.74, 6) is 0.543. The lowest BCUT2D eigenvalue weighted by atomic mass is 10.1. The lowest BCUT2D eigenvalue weighted by Gasteiger charge is -1.93. The van der Waals surface area contributed by atoms with E-state index in [0.717, 1.165) is 20.2 Å². The zero-order chi connectivity index (χ0) is 10.4. The van der Waals surface area contributed by atoms with Crippen LogP contribution >= 0.6 is 11.3 Å². The molecule has 3 rings (SSSR count). The second-order valence-electron chi connectivity index (χ2n) is 3.41. The molecule has 3 aromatic rings. The topological polar surface area (TPSA) is 40.5 Å². The number of aromatic hydroxyl groups is 2. The molecular weight excluding hydrogens is 208 g/mol. The maximum atomic E-state index is 9.69. The summed E-state index contributed by atoms with van der Waals surface area (Å²) in [4.78, 5) is 0. The van der Waals surface area contributed by atoms with Gasteiger partial charge in [0.25, 0.3) is 0 Å². The lowest BCUT2D eigenvalue weighted by molar-refractivity contribution is 0.482. The Morgan fingerprint density at radius 1 is 0.733 bits per heavy atom. The number of fused-ring (bicyclic) bond motifs is 3. The molecule has 0 fully saturated rings. The van der Waals surface area contributed by atoms with Crippen LogP contribution in [0.5, 0.6) is 11.5 Å². The number of hydrogen-bond donors (Lipinski definition) is 2. The van der Waals surface area contributed by atoms with E-state index < -0.39 is 0 Å². The van der Waals surface area contributed by atoms with E-state index >= 15 is 0 Å². The van der Waals surface area contributed by atoms with Gasteiger partial charge in [-0.2, -0.15) is 0 Å². The standard InChI is InChI=1S/C12H8O2S/c13-9-5-1-3-7-8-4-2-6-10(14)12(8)15-11(7)9/h1-6,13-14H. The first-order valence-corrected chi connectivity index (χ1v) is 5.41. The van der Waals surface area contributed by atoms with Crippen molar-refractivity contribution in [2.75, 3.05) is 0 Å². The van der Waals surface area contributed by atoms with Crippen LogP contribution in [-0.4, -0.2) is 10.2 Å². The minimum Gasteiger partial charge on any atom is -0.506 e. The zero-order valence-corrected chi connectivity index (χ0v) is 8.58. The molecule has 0 unspecified atom stereocenters. The zero-order valence-electron chi connectivity index (χ0n) is 7.77. The van der Waals surface area contributed by atoms with Gasteiger partial charge in [0.05, 0.1) is 9.40 Å². The number of hydrogen-bond acceptors (Lipinski definition) is 3. The highest BCUT2D eigenvalue weighted by atomic mass is 32.1. The second kappa shape index (κ2) is 2.87. The molecule has 0 amide bonds. The molecule has 15 heavy (non-hydrogen) atoms. The summed E-state index contributed by atoms with van der Waals surface area (Å²) in [6.45, 7) is 0. The smallest absolute Gasteiger partial charge is 0.133 e. The Labute approximate surface area is 90.0 Å². The van der Waals surface area contributed by atoms with E-state index in [9.17, 15) is 10.2 Å². The Morgan fingerprint density at radius 3 is 1.67 bits per heavy atom. The first-order valence-electron chi connectivity index (χ1n) is 4.59. The highest BCUT2D eigenvalue weighted by Gasteiger charge is 2.09. The number of benzene rings is 2. The first-order chi connectivity index (χ1) is 7.27. The van der Waals surface area contributed by atoms with Gasteiger partial charge in [0, 0.05) is 10.8 Å². The fraction of sp³-hybridized carbons (Fsp3) is 0. The van der Waals surface area contributed by atoms with Crippen LogP contribution in [0.1, 0.15) is 0 Å². The molecule has 0 aliphatic rings. The van der Waals surface area contributed by atoms with Crippen LogP contribution in [0, 0.1) is 0 Å². The molecule has 0 radical (unpaired) electrons. The summed E-state index contributed by atoms with van der Waals surface area (Å²) in [6.07, 6.45) is 0. The van der Waals surface area contributed by atoms with Gasteiger partial charge < -0.3 is 10.2 Å². The Bertz CT molecular complexity index is 599. The SMILES string of the molecule is Oc1cccc2c1sc1c(O)cccc12. The monoisotopic (exact) mass is 216 g/mol. The molecule has 0 saturated heterocycles. The first kappa shape index (κ1) is 8.56. The summed E-state index contributed by atoms with van der Waals surface area (Å²) < 4.78 is 1.66. The van der Waals surface area contributed by atoms with Crippen molar-refractivity contribution >= 4 is 31.5 Å². The third kappa shape index (κ3) is 1.10. The fourth-order valence-electron chi connectivity index (χ4n) is 1.79. The van der Waals surface area contributed by atoms with Crippen molar-refractivity contribution in [3.63, 3.8) is 0 Å². The average molecular weight is 216 g/mol. The van der Waals surface area contributed by atoms with Gasteiger partial charge in [-0.05, 0) is 12.1 Å². The van der Waals surface area contributed by atoms with Gasteiger partial charge in [-0.3, -0.25) is 0 Å². The van der Waals surface area contributed by atoms with E-state index in [-0.39, 0.29) is 11.5 Å². The van der Waals surface area contributed by atoms with E-state index in [0.29, 0.717) is 0 Å². The van der Waals surface area contributed by atoms with Crippen molar-refractivity contribution < 1.29 is 10.2 Å². The molecule has 3 heteroatoms. The van der Waals surface area contributed by atoms with Crippen LogP contribution in [0.15, 0.2) is 36.4 Å². The van der Waals surface area contributed by atoms with Gasteiger partial charge in [-0.1, -0.05) is 24.3 Å². The fourth-order valence-corrected chi connectivity index (χ4v) is 2.92. The Kier molecular flexibility index (Phi) is 1.64. The number of phenolic OH excluding ortho intramolecular Hbond substituents is 2. The largest absolute Gasteiger partial charge is 0.506 e. The predicted octanol–water partition coefficient (Wildman–Crippen LogP) is 3.47. The molecule has 0 bridgehead atoms. The van der Waals surface area contributed by atoms with Crippen LogP contribution < -0.4 is 0 Å². The summed E-state index contributed by atoms with van der Waals surface area (Å²) in [7, 11) is 0. The highest BCUT2D eigenvalue weighted by Crippen LogP contribution is 2.41. The molecule has 2 aromatic carbocycles. The van der Waals surface area contributed by atoms with E-state index in [1.807, 2.05) is 24.3 Å². The summed E-state index contributed by atoms with van der Waals surface area (Å²) in [5, 5.41) is 21.4. The average Bonchev–Trinajstić information content (AvgIpc) is 2.60. The summed E-state index contributed by atoms with van der Waals surface area (Å²) >= 11 is 1.41. The van der Waals surface area contributed by atoms with E-state index in [2.05, 4.69) is 0 Å². The maximum absolute atomic E-state index is 9.69. The van der Waals surface area contributed by atoms with Gasteiger partial charge in [0.15, 0.2) is 0 Å². The van der Waals surface area contributed by atoms with Crippen molar-refractivity contribution in [1.29, 1.82) is 0 Å². The molecule has 2 N–H and O–H groups in total. The molecule has 0 atom stereocenters. The summed E-state index contributed by atoms with van der Waals surface area (Å²) in [6, 6.07) is 10.9. The number of rotatable bonds is 0. The lowest BCUT2D eigenvalue weighted by Crippen LogP contribution is -1.67. The molecule has 74 valence electrons. The van der Waals surface area contributed by atoms with Gasteiger partial charge in [0.2, 0.25) is 0 Å². The minimum atomic E-state index is 0.271. The van der Waals surface area contributed by atoms with Crippen LogP contribution in [0.4, 0.5) is 0 Å². The second-order valence-corrected chi connectivity index (χ2v) is 4.43. The number of phenols is 2. The van der Waals surface area contributed by atoms with Gasteiger partial charge in [-0.15, -0.1) is 11.3 Å². The Morgan fingerprint density at radius 2 is 1.20 bits per heavy atom. The van der Waals surface area contributed by atoms with Crippen LogP contribution in [0.2, 0.25) is 0 Å². The van der Waals surface area contributed by atoms with E-state index in [1.54, 1.807) is 12.1 Å². The molecule has 1 aromatic heterocycles. The quantitative estimate of drug-likeness (QED) is 0.604. The molecule has 2 nitrogen and oxygen atoms in total. The third-order valence-electron chi connectivity index (χ3n) is 2.48. The molecular formula is C12H8O2S.